The van der Waals surface area contributed by atoms with E-state index in [1.807, 2.05) is 0 Å². The first-order valence-corrected chi connectivity index (χ1v) is 30.9. The Bertz CT molecular complexity index is 2740. The van der Waals surface area contributed by atoms with Gasteiger partial charge in [0.1, 0.15) is 48.1 Å². The Balaban J connectivity index is 1.15. The molecule has 37 nitrogen and oxygen atoms in total. The van der Waals surface area contributed by atoms with Gasteiger partial charge in [0.2, 0.25) is 70.9 Å². The second-order valence-corrected chi connectivity index (χ2v) is 23.9. The van der Waals surface area contributed by atoms with Crippen LogP contribution in [0.5, 0.6) is 0 Å². The highest BCUT2D eigenvalue weighted by molar-refractivity contribution is 6.00. The molecular weight excluding hydrogens is 1210 g/mol. The van der Waals surface area contributed by atoms with E-state index in [2.05, 4.69) is 63.5 Å². The van der Waals surface area contributed by atoms with E-state index in [1.165, 1.54) is 18.7 Å². The molecule has 14 amide bonds. The third kappa shape index (κ3) is 21.7. The fourth-order valence-electron chi connectivity index (χ4n) is 11.9. The van der Waals surface area contributed by atoms with Crippen molar-refractivity contribution in [3.63, 3.8) is 0 Å². The molecular formula is C55H92N19O18+. The van der Waals surface area contributed by atoms with Crippen LogP contribution < -0.4 is 86.3 Å². The third-order valence-electron chi connectivity index (χ3n) is 16.9. The van der Waals surface area contributed by atoms with Gasteiger partial charge in [0.05, 0.1) is 56.5 Å². The number of hydrogen-bond acceptors (Lipinski definition) is 22. The van der Waals surface area contributed by atoms with Crippen molar-refractivity contribution >= 4 is 88.5 Å². The van der Waals surface area contributed by atoms with Gasteiger partial charge in [-0.15, -0.1) is 0 Å². The standard InChI is InChI=1S/C55H91N19O18/c1-26(49(85)70-32-8-6-18-72(3)55(32)91)64-52(88)34(25-75)71-51(87)31-13-16-60-46(67-31)29(9-10-40(57)78)68-54(90)37(22-42(59)80)74(92)45(83)24-62-44(82)23-63-50(86)30(7-4-5-15-56)69-48(84)27(2)65-53(89)35-14-17-61-47-33(66-43(81)12-11-41(58)79)19-28-20-38(76)39(77)21-36(28)73(35)47/h26-39,47,61,75-77,92H,4-25,56H2,1-3H3,(H2,57,78)(H2,58,79)(H2,59,80)(H,60,67)(H,62,82)(H,63,86)(H,64,88)(H,65,89)(H,66,81)(H,68,90)(H,69,84)(H,70,85)(H,71,87)/p+1/t26-,27-,28?,29-,30-,31-,32+,33?,34+,35+,36?,37+,38?,39?,47?/m1/s1. The molecule has 5 rings (SSSR count). The van der Waals surface area contributed by atoms with Gasteiger partial charge in [0.25, 0.3) is 11.8 Å². The summed E-state index contributed by atoms with van der Waals surface area (Å²) < 4.78 is 0. The van der Waals surface area contributed by atoms with Crippen molar-refractivity contribution < 1.29 is 92.6 Å². The first kappa shape index (κ1) is 74.5. The summed E-state index contributed by atoms with van der Waals surface area (Å²) in [6.45, 7) is 1.02. The van der Waals surface area contributed by atoms with Crippen molar-refractivity contribution in [2.24, 2.45) is 33.8 Å². The summed E-state index contributed by atoms with van der Waals surface area (Å²) in [5.74, 6) is -12.0. The largest absolute Gasteiger partial charge is 0.394 e. The zero-order valence-electron chi connectivity index (χ0n) is 51.9. The summed E-state index contributed by atoms with van der Waals surface area (Å²) >= 11 is 0. The molecule has 37 heteroatoms. The summed E-state index contributed by atoms with van der Waals surface area (Å²) in [5, 5.41) is 71.1. The molecule has 24 N–H and O–H groups in total. The van der Waals surface area contributed by atoms with E-state index in [-0.39, 0.29) is 93.2 Å². The van der Waals surface area contributed by atoms with Gasteiger partial charge in [-0.1, -0.05) is 0 Å². The number of piperidine rings is 2. The number of aliphatic hydroxyl groups is 3. The van der Waals surface area contributed by atoms with E-state index in [9.17, 15) is 87.7 Å². The predicted molar refractivity (Wildman–Crippen MR) is 319 cm³/mol. The number of nitrogens with two attached hydrogens (primary N) is 4. The molecule has 0 spiro atoms. The van der Waals surface area contributed by atoms with Crippen molar-refractivity contribution in [1.29, 1.82) is 0 Å². The van der Waals surface area contributed by atoms with E-state index in [4.69, 9.17) is 22.9 Å². The number of likely N-dealkylation sites (N-methyl/N-ethyl adjacent to an activating group) is 1. The summed E-state index contributed by atoms with van der Waals surface area (Å²) in [4.78, 5) is 189. The number of carbonyl (C=O) groups is 14. The van der Waals surface area contributed by atoms with Gasteiger partial charge < -0.3 is 101 Å². The number of unbranched alkanes of at least 4 members (excludes halogenated alkanes) is 1. The van der Waals surface area contributed by atoms with Crippen LogP contribution >= 0.6 is 0 Å². The number of nitrogens with one attached hydrogen (secondary N) is 12. The summed E-state index contributed by atoms with van der Waals surface area (Å²) in [6, 6.07) is -12.4. The smallest absolute Gasteiger partial charge is 0.279 e. The first-order valence-electron chi connectivity index (χ1n) is 30.9. The Kier molecular flexibility index (Phi) is 28.8. The van der Waals surface area contributed by atoms with Crippen LogP contribution in [0.1, 0.15) is 110 Å². The Labute approximate surface area is 529 Å². The van der Waals surface area contributed by atoms with Gasteiger partial charge in [-0.05, 0) is 78.2 Å². The molecule has 0 aromatic carbocycles. The molecule has 4 fully saturated rings. The molecule has 7 unspecified atom stereocenters. The summed E-state index contributed by atoms with van der Waals surface area (Å²) in [5.41, 5.74) is 21.7. The number of aliphatic hydroxyl groups excluding tert-OH is 3. The molecule has 4 heterocycles. The van der Waals surface area contributed by atoms with E-state index >= 15 is 0 Å². The molecule has 0 bridgehead atoms. The van der Waals surface area contributed by atoms with Crippen LogP contribution in [0.25, 0.3) is 0 Å². The van der Waals surface area contributed by atoms with Crippen LogP contribution in [-0.4, -0.2) is 257 Å². The summed E-state index contributed by atoms with van der Waals surface area (Å²) in [6.07, 6.45) is -1.78. The van der Waals surface area contributed by atoms with E-state index in [0.717, 1.165) is 0 Å². The highest BCUT2D eigenvalue weighted by Gasteiger charge is 2.56. The van der Waals surface area contributed by atoms with E-state index < -0.39 is 188 Å². The fraction of sp³-hybridized carbons (Fsp3) is 0.727. The van der Waals surface area contributed by atoms with Crippen LogP contribution in [0.3, 0.4) is 0 Å². The topological polar surface area (TPSA) is 580 Å². The second-order valence-electron chi connectivity index (χ2n) is 23.9. The van der Waals surface area contributed by atoms with Crippen LogP contribution in [0.2, 0.25) is 0 Å². The number of amidine groups is 1. The molecule has 92 heavy (non-hydrogen) atoms. The SMILES string of the molecule is C[C@@H](NC(=O)[C@H](CO)NC(=O)[C@H]1CCN=C([C@@H](CCC(N)=O)NC(=O)[C@H](CC(N)=O)N(O)C(=O)CNC(=O)CNC(=O)[C@@H](CCCCN)NC(=O)[C@@H](C)NC(=O)[C@@H]2CCNC3C(NC(=O)CCC(N)=O)CC4CC(O)C(O)CC4[NH+]32)N1)C(=O)N[C@H]1CCCN(C)C1=O. The zero-order valence-corrected chi connectivity index (χ0v) is 51.9. The second kappa shape index (κ2) is 35.6. The zero-order chi connectivity index (χ0) is 68.1. The molecule has 1 aliphatic carbocycles. The molecule has 16 atom stereocenters. The average molecular weight is 1310 g/mol. The number of primary amides is 3. The lowest BCUT2D eigenvalue weighted by molar-refractivity contribution is -0.983. The molecule has 3 saturated heterocycles. The molecule has 514 valence electrons. The van der Waals surface area contributed by atoms with Gasteiger partial charge >= 0.3 is 0 Å². The van der Waals surface area contributed by atoms with Crippen molar-refractivity contribution in [2.45, 2.75) is 195 Å². The highest BCUT2D eigenvalue weighted by atomic mass is 16.5. The predicted octanol–water partition coefficient (Wildman–Crippen LogP) is -11.7. The monoisotopic (exact) mass is 1310 g/mol. The minimum Gasteiger partial charge on any atom is -0.394 e. The average Bonchev–Trinajstić information content (AvgIpc) is 0.753. The lowest BCUT2D eigenvalue weighted by atomic mass is 9.72. The molecule has 0 aromatic rings. The van der Waals surface area contributed by atoms with Gasteiger partial charge in [-0.2, -0.15) is 0 Å². The van der Waals surface area contributed by atoms with Crippen molar-refractivity contribution in [3.05, 3.63) is 0 Å². The van der Waals surface area contributed by atoms with Crippen LogP contribution in [0.4, 0.5) is 0 Å². The van der Waals surface area contributed by atoms with Crippen molar-refractivity contribution in [3.8, 4) is 0 Å². The number of hydrogen-bond donors (Lipinski definition) is 20. The molecule has 5 aliphatic rings. The Hall–Kier alpha value is -8.23. The maximum Gasteiger partial charge on any atom is 0.279 e. The van der Waals surface area contributed by atoms with Crippen molar-refractivity contribution in [1.82, 2.24) is 68.4 Å². The lowest BCUT2D eigenvalue weighted by Gasteiger charge is -2.54. The molecule has 0 aromatic heterocycles. The Morgan fingerprint density at radius 1 is 0.717 bits per heavy atom. The maximum absolute atomic E-state index is 14.2. The van der Waals surface area contributed by atoms with Gasteiger partial charge in [-0.25, -0.2) is 5.06 Å². The highest BCUT2D eigenvalue weighted by Crippen LogP contribution is 2.32. The van der Waals surface area contributed by atoms with Crippen LogP contribution in [-0.2, 0) is 67.1 Å². The fourth-order valence-corrected chi connectivity index (χ4v) is 11.9. The Morgan fingerprint density at radius 2 is 1.41 bits per heavy atom. The molecule has 0 radical (unpaired) electrons. The van der Waals surface area contributed by atoms with E-state index in [0.29, 0.717) is 50.1 Å². The number of carbonyl (C=O) groups excluding carboxylic acids is 14. The van der Waals surface area contributed by atoms with E-state index in [1.54, 1.807) is 7.05 Å². The normalized spacial score (nSPS) is 25.4. The number of amides is 14. The Morgan fingerprint density at radius 3 is 2.09 bits per heavy atom. The minimum atomic E-state index is -2.08. The molecule has 1 saturated carbocycles. The lowest BCUT2D eigenvalue weighted by Crippen LogP contribution is -3.29. The minimum absolute atomic E-state index is 0.000419. The van der Waals surface area contributed by atoms with Gasteiger partial charge in [0.15, 0.2) is 12.2 Å². The first-order chi connectivity index (χ1) is 43.5. The summed E-state index contributed by atoms with van der Waals surface area (Å²) in [7, 11) is 1.59. The third-order valence-corrected chi connectivity index (χ3v) is 16.9. The van der Waals surface area contributed by atoms with Crippen LogP contribution in [0.15, 0.2) is 4.99 Å². The number of quaternary nitrogens is 1. The van der Waals surface area contributed by atoms with Crippen molar-refractivity contribution in [2.75, 3.05) is 52.9 Å². The number of nitrogens with zero attached hydrogens (tertiary/aromatic N) is 3. The van der Waals surface area contributed by atoms with Gasteiger partial charge in [-0.3, -0.25) is 82.6 Å². The number of aliphatic imine (C=N–C) groups is 1. The van der Waals surface area contributed by atoms with Crippen LogP contribution in [0, 0.1) is 5.92 Å². The quantitative estimate of drug-likeness (QED) is 0.0165. The number of fused-ring (bicyclic) bond motifs is 3. The molecule has 4 aliphatic heterocycles. The number of rotatable bonds is 33. The maximum atomic E-state index is 14.2. The number of hydroxylamine groups is 2. The van der Waals surface area contributed by atoms with Gasteiger partial charge in [0, 0.05) is 64.7 Å². The number of likely N-dealkylation sites (tertiary alicyclic amines) is 1.